The van der Waals surface area contributed by atoms with Crippen molar-refractivity contribution in [2.75, 3.05) is 32.8 Å². The van der Waals surface area contributed by atoms with Crippen LogP contribution < -0.4 is 5.32 Å². The molecule has 1 atom stereocenters. The lowest BCUT2D eigenvalue weighted by Crippen LogP contribution is -2.47. The predicted octanol–water partition coefficient (Wildman–Crippen LogP) is 1.68. The largest absolute Gasteiger partial charge is 0.356 e. The van der Waals surface area contributed by atoms with E-state index in [9.17, 15) is 9.59 Å². The number of hydrogen-bond donors (Lipinski definition) is 1. The van der Waals surface area contributed by atoms with Gasteiger partial charge in [0.05, 0.1) is 19.1 Å². The van der Waals surface area contributed by atoms with E-state index in [1.807, 2.05) is 4.90 Å². The van der Waals surface area contributed by atoms with Crippen molar-refractivity contribution < 1.29 is 19.1 Å². The molecular weight excluding hydrogens is 320 g/mol. The van der Waals surface area contributed by atoms with Crippen LogP contribution >= 0.6 is 0 Å². The number of likely N-dealkylation sites (tertiary alicyclic amines) is 1. The van der Waals surface area contributed by atoms with Crippen molar-refractivity contribution in [3.63, 3.8) is 0 Å². The summed E-state index contributed by atoms with van der Waals surface area (Å²) in [6.07, 6.45) is 7.84. The standard InChI is InChI=1S/C19H30N2O4/c22-17(16-2-1-9-21(13-16)18(23)15-3-4-15)20-12-14-5-7-19(8-6-14)24-10-11-25-19/h14-16H,1-13H2,(H,20,22)/t16-/m1/s1. The Labute approximate surface area is 149 Å². The van der Waals surface area contributed by atoms with Crippen molar-refractivity contribution in [2.24, 2.45) is 17.8 Å². The van der Waals surface area contributed by atoms with Gasteiger partial charge in [-0.15, -0.1) is 0 Å². The van der Waals surface area contributed by atoms with Crippen molar-refractivity contribution in [3.8, 4) is 0 Å². The SMILES string of the molecule is O=C(NCC1CCC2(CC1)OCCO2)[C@@H]1CCCN(C(=O)C2CC2)C1. The third kappa shape index (κ3) is 4.00. The van der Waals surface area contributed by atoms with Crippen LogP contribution in [-0.2, 0) is 19.1 Å². The maximum Gasteiger partial charge on any atom is 0.225 e. The summed E-state index contributed by atoms with van der Waals surface area (Å²) in [5.41, 5.74) is 0. The third-order valence-corrected chi connectivity index (χ3v) is 6.28. The van der Waals surface area contributed by atoms with Crippen LogP contribution in [0.3, 0.4) is 0 Å². The van der Waals surface area contributed by atoms with Gasteiger partial charge in [-0.2, -0.15) is 0 Å². The van der Waals surface area contributed by atoms with E-state index in [-0.39, 0.29) is 29.4 Å². The van der Waals surface area contributed by atoms with E-state index < -0.39 is 0 Å². The van der Waals surface area contributed by atoms with Gasteiger partial charge in [-0.05, 0) is 44.4 Å². The Hall–Kier alpha value is -1.14. The molecule has 4 fully saturated rings. The molecule has 2 aliphatic carbocycles. The van der Waals surface area contributed by atoms with Gasteiger partial charge in [0.2, 0.25) is 11.8 Å². The highest BCUT2D eigenvalue weighted by Crippen LogP contribution is 2.38. The summed E-state index contributed by atoms with van der Waals surface area (Å²) in [7, 11) is 0. The molecule has 0 radical (unpaired) electrons. The molecule has 4 aliphatic rings. The molecule has 2 heterocycles. The van der Waals surface area contributed by atoms with Gasteiger partial charge in [0.15, 0.2) is 5.79 Å². The van der Waals surface area contributed by atoms with Crippen molar-refractivity contribution >= 4 is 11.8 Å². The highest BCUT2D eigenvalue weighted by atomic mass is 16.7. The van der Waals surface area contributed by atoms with Crippen LogP contribution in [0.4, 0.5) is 0 Å². The second kappa shape index (κ2) is 7.23. The summed E-state index contributed by atoms with van der Waals surface area (Å²) >= 11 is 0. The number of piperidine rings is 1. The molecule has 6 nitrogen and oxygen atoms in total. The monoisotopic (exact) mass is 350 g/mol. The molecule has 1 spiro atoms. The van der Waals surface area contributed by atoms with Crippen LogP contribution in [0.5, 0.6) is 0 Å². The molecule has 0 aromatic carbocycles. The molecule has 2 saturated heterocycles. The van der Waals surface area contributed by atoms with Crippen LogP contribution in [-0.4, -0.2) is 55.3 Å². The lowest BCUT2D eigenvalue weighted by atomic mass is 9.85. The van der Waals surface area contributed by atoms with Gasteiger partial charge in [-0.3, -0.25) is 9.59 Å². The summed E-state index contributed by atoms with van der Waals surface area (Å²) in [6, 6.07) is 0. The predicted molar refractivity (Wildman–Crippen MR) is 91.6 cm³/mol. The molecular formula is C19H30N2O4. The Balaban J connectivity index is 1.20. The number of hydrogen-bond acceptors (Lipinski definition) is 4. The molecule has 2 aliphatic heterocycles. The molecule has 1 N–H and O–H groups in total. The maximum absolute atomic E-state index is 12.5. The molecule has 2 saturated carbocycles. The van der Waals surface area contributed by atoms with E-state index in [2.05, 4.69) is 5.32 Å². The van der Waals surface area contributed by atoms with Crippen LogP contribution in [0.25, 0.3) is 0 Å². The number of nitrogens with one attached hydrogen (secondary N) is 1. The van der Waals surface area contributed by atoms with E-state index in [0.717, 1.165) is 64.5 Å². The molecule has 6 heteroatoms. The number of nitrogens with zero attached hydrogens (tertiary/aromatic N) is 1. The number of rotatable bonds is 4. The quantitative estimate of drug-likeness (QED) is 0.838. The minimum Gasteiger partial charge on any atom is -0.356 e. The Kier molecular flexibility index (Phi) is 5.00. The fraction of sp³-hybridized carbons (Fsp3) is 0.895. The molecule has 0 unspecified atom stereocenters. The highest BCUT2D eigenvalue weighted by molar-refractivity contribution is 5.83. The van der Waals surface area contributed by atoms with Gasteiger partial charge >= 0.3 is 0 Å². The summed E-state index contributed by atoms with van der Waals surface area (Å²) in [4.78, 5) is 26.7. The molecule has 25 heavy (non-hydrogen) atoms. The minimum atomic E-state index is -0.326. The highest BCUT2D eigenvalue weighted by Gasteiger charge is 2.40. The topological polar surface area (TPSA) is 67.9 Å². The van der Waals surface area contributed by atoms with E-state index in [4.69, 9.17) is 9.47 Å². The zero-order valence-electron chi connectivity index (χ0n) is 15.0. The number of carbonyl (C=O) groups excluding carboxylic acids is 2. The molecule has 0 aromatic heterocycles. The average molecular weight is 350 g/mol. The summed E-state index contributed by atoms with van der Waals surface area (Å²) < 4.78 is 11.5. The zero-order chi connectivity index (χ0) is 17.3. The van der Waals surface area contributed by atoms with Crippen molar-refractivity contribution in [2.45, 2.75) is 57.2 Å². The smallest absolute Gasteiger partial charge is 0.225 e. The van der Waals surface area contributed by atoms with Gasteiger partial charge in [-0.25, -0.2) is 0 Å². The third-order valence-electron chi connectivity index (χ3n) is 6.28. The molecule has 0 bridgehead atoms. The maximum atomic E-state index is 12.5. The van der Waals surface area contributed by atoms with Gasteiger partial charge < -0.3 is 19.7 Å². The van der Waals surface area contributed by atoms with Gasteiger partial charge in [0, 0.05) is 38.4 Å². The van der Waals surface area contributed by atoms with Gasteiger partial charge in [-0.1, -0.05) is 0 Å². The van der Waals surface area contributed by atoms with E-state index >= 15 is 0 Å². The first-order valence-electron chi connectivity index (χ1n) is 10.00. The van der Waals surface area contributed by atoms with E-state index in [1.54, 1.807) is 0 Å². The molecule has 2 amide bonds. The lowest BCUT2D eigenvalue weighted by molar-refractivity contribution is -0.182. The zero-order valence-corrected chi connectivity index (χ0v) is 15.0. The number of ether oxygens (including phenoxy) is 2. The van der Waals surface area contributed by atoms with Crippen molar-refractivity contribution in [1.29, 1.82) is 0 Å². The number of amides is 2. The summed E-state index contributed by atoms with van der Waals surface area (Å²) in [5.74, 6) is 0.793. The van der Waals surface area contributed by atoms with Crippen LogP contribution in [0.2, 0.25) is 0 Å². The van der Waals surface area contributed by atoms with Gasteiger partial charge in [0.25, 0.3) is 0 Å². The normalized spacial score (nSPS) is 29.8. The Morgan fingerprint density at radius 2 is 1.72 bits per heavy atom. The van der Waals surface area contributed by atoms with Crippen LogP contribution in [0.1, 0.15) is 51.4 Å². The minimum absolute atomic E-state index is 0.0344. The second-order valence-electron chi connectivity index (χ2n) is 8.19. The summed E-state index contributed by atoms with van der Waals surface area (Å²) in [5, 5.41) is 3.15. The molecule has 140 valence electrons. The summed E-state index contributed by atoms with van der Waals surface area (Å²) in [6.45, 7) is 3.58. The fourth-order valence-corrected chi connectivity index (χ4v) is 4.48. The van der Waals surface area contributed by atoms with E-state index in [0.29, 0.717) is 25.7 Å². The van der Waals surface area contributed by atoms with Gasteiger partial charge in [0.1, 0.15) is 0 Å². The lowest BCUT2D eigenvalue weighted by Gasteiger charge is -2.36. The second-order valence-corrected chi connectivity index (χ2v) is 8.19. The average Bonchev–Trinajstić information content (AvgIpc) is 3.41. The number of carbonyl (C=O) groups is 2. The first-order chi connectivity index (χ1) is 12.2. The fourth-order valence-electron chi connectivity index (χ4n) is 4.48. The van der Waals surface area contributed by atoms with Crippen molar-refractivity contribution in [3.05, 3.63) is 0 Å². The first kappa shape index (κ1) is 17.3. The molecule has 4 rings (SSSR count). The van der Waals surface area contributed by atoms with Crippen LogP contribution in [0.15, 0.2) is 0 Å². The Morgan fingerprint density at radius 1 is 1.00 bits per heavy atom. The Morgan fingerprint density at radius 3 is 2.40 bits per heavy atom. The Bertz CT molecular complexity index is 504. The van der Waals surface area contributed by atoms with E-state index in [1.165, 1.54) is 0 Å². The van der Waals surface area contributed by atoms with Crippen molar-refractivity contribution in [1.82, 2.24) is 10.2 Å². The molecule has 0 aromatic rings. The van der Waals surface area contributed by atoms with Crippen LogP contribution in [0, 0.1) is 17.8 Å². The first-order valence-corrected chi connectivity index (χ1v) is 10.00.